The van der Waals surface area contributed by atoms with Crippen LogP contribution in [0.15, 0.2) is 42.7 Å². The lowest BCUT2D eigenvalue weighted by Crippen LogP contribution is -2.49. The Balaban J connectivity index is 1.23. The number of benzene rings is 1. The Bertz CT molecular complexity index is 1700. The number of piperazine rings is 1. The molecule has 1 amide bonds. The molecule has 0 spiro atoms. The van der Waals surface area contributed by atoms with Crippen molar-refractivity contribution >= 4 is 50.0 Å². The van der Waals surface area contributed by atoms with Crippen LogP contribution < -0.4 is 9.80 Å². The standard InChI is InChI=1S/C28H31N9O2S/c1-3-24-30-21-6-4-5-7-23(21)37(24)28-31-22-14-20(40-26(22)27(32-28)35-10-12-39-13-11-35)17-34-8-9-36(25(38)18-34)19-15-29-33(2)16-19/h4-7,14-16H,3,8-13,17-18H2,1-2H3. The first-order valence-electron chi connectivity index (χ1n) is 13.7. The number of carbonyl (C=O) groups is 1. The van der Waals surface area contributed by atoms with Crippen molar-refractivity contribution in [2.75, 3.05) is 55.7 Å². The second-order valence-electron chi connectivity index (χ2n) is 10.2. The van der Waals surface area contributed by atoms with Gasteiger partial charge in [0.2, 0.25) is 11.9 Å². The molecule has 0 aliphatic carbocycles. The fourth-order valence-corrected chi connectivity index (χ4v) is 6.71. The van der Waals surface area contributed by atoms with Crippen molar-refractivity contribution in [3.63, 3.8) is 0 Å². The van der Waals surface area contributed by atoms with E-state index in [0.29, 0.717) is 38.8 Å². The molecule has 0 unspecified atom stereocenters. The molecule has 0 atom stereocenters. The molecule has 2 aliphatic heterocycles. The minimum absolute atomic E-state index is 0.0931. The van der Waals surface area contributed by atoms with E-state index in [0.717, 1.165) is 64.6 Å². The van der Waals surface area contributed by atoms with Crippen molar-refractivity contribution in [3.05, 3.63) is 53.4 Å². The number of hydrogen-bond acceptors (Lipinski definition) is 9. The van der Waals surface area contributed by atoms with Gasteiger partial charge in [-0.05, 0) is 18.2 Å². The summed E-state index contributed by atoms with van der Waals surface area (Å²) in [5.74, 6) is 2.62. The summed E-state index contributed by atoms with van der Waals surface area (Å²) in [7, 11) is 1.86. The molecule has 7 rings (SSSR count). The van der Waals surface area contributed by atoms with Crippen LogP contribution in [0.5, 0.6) is 0 Å². The molecule has 0 saturated carbocycles. The van der Waals surface area contributed by atoms with Gasteiger partial charge >= 0.3 is 0 Å². The Kier molecular flexibility index (Phi) is 6.45. The number of thiophene rings is 1. The maximum Gasteiger partial charge on any atom is 0.241 e. The molecule has 11 nitrogen and oxygen atoms in total. The summed E-state index contributed by atoms with van der Waals surface area (Å²) in [5, 5.41) is 4.22. The highest BCUT2D eigenvalue weighted by molar-refractivity contribution is 7.19. The van der Waals surface area contributed by atoms with Crippen molar-refractivity contribution in [3.8, 4) is 5.95 Å². The second kappa shape index (κ2) is 10.3. The number of rotatable bonds is 6. The van der Waals surface area contributed by atoms with E-state index in [1.54, 1.807) is 22.2 Å². The van der Waals surface area contributed by atoms with Gasteiger partial charge in [0.15, 0.2) is 5.82 Å². The summed E-state index contributed by atoms with van der Waals surface area (Å²) in [5.41, 5.74) is 3.72. The first-order chi connectivity index (χ1) is 19.6. The van der Waals surface area contributed by atoms with Crippen LogP contribution >= 0.6 is 11.3 Å². The molecule has 2 aliphatic rings. The van der Waals surface area contributed by atoms with E-state index in [4.69, 9.17) is 19.7 Å². The average Bonchev–Trinajstić information content (AvgIpc) is 3.69. The number of ether oxygens (including phenoxy) is 1. The average molecular weight is 558 g/mol. The quantitative estimate of drug-likeness (QED) is 0.314. The number of aromatic nitrogens is 6. The molecule has 2 fully saturated rings. The fraction of sp³-hybridized carbons (Fsp3) is 0.393. The number of fused-ring (bicyclic) bond motifs is 2. The monoisotopic (exact) mass is 557 g/mol. The SMILES string of the molecule is CCc1nc2ccccc2n1-c1nc(N2CCOCC2)c2sc(CN3CCN(c4cnn(C)c4)C(=O)C3)cc2n1. The van der Waals surface area contributed by atoms with Crippen molar-refractivity contribution in [1.29, 1.82) is 0 Å². The Morgan fingerprint density at radius 3 is 2.65 bits per heavy atom. The highest BCUT2D eigenvalue weighted by Crippen LogP contribution is 2.35. The molecule has 12 heteroatoms. The molecule has 0 radical (unpaired) electrons. The molecule has 6 heterocycles. The van der Waals surface area contributed by atoms with E-state index in [1.807, 2.05) is 36.3 Å². The number of para-hydroxylation sites is 2. The van der Waals surface area contributed by atoms with E-state index in [-0.39, 0.29) is 5.91 Å². The first-order valence-corrected chi connectivity index (χ1v) is 14.5. The molecule has 4 aromatic heterocycles. The van der Waals surface area contributed by atoms with Gasteiger partial charge < -0.3 is 14.5 Å². The summed E-state index contributed by atoms with van der Waals surface area (Å²) in [6, 6.07) is 10.3. The molecule has 0 N–H and O–H groups in total. The summed E-state index contributed by atoms with van der Waals surface area (Å²) >= 11 is 1.72. The maximum absolute atomic E-state index is 13.0. The van der Waals surface area contributed by atoms with E-state index in [1.165, 1.54) is 4.88 Å². The zero-order chi connectivity index (χ0) is 27.2. The lowest BCUT2D eigenvalue weighted by Gasteiger charge is -2.33. The predicted octanol–water partition coefficient (Wildman–Crippen LogP) is 3.01. The van der Waals surface area contributed by atoms with Gasteiger partial charge in [-0.1, -0.05) is 19.1 Å². The Labute approximate surface area is 235 Å². The zero-order valence-corrected chi connectivity index (χ0v) is 23.5. The van der Waals surface area contributed by atoms with E-state index >= 15 is 0 Å². The number of anilines is 2. The van der Waals surface area contributed by atoms with Gasteiger partial charge in [-0.2, -0.15) is 10.1 Å². The zero-order valence-electron chi connectivity index (χ0n) is 22.7. The number of amides is 1. The van der Waals surface area contributed by atoms with Crippen molar-refractivity contribution in [2.24, 2.45) is 7.05 Å². The number of hydrogen-bond donors (Lipinski definition) is 0. The molecule has 1 aromatic carbocycles. The van der Waals surface area contributed by atoms with Gasteiger partial charge in [0.25, 0.3) is 0 Å². The van der Waals surface area contributed by atoms with E-state index in [2.05, 4.69) is 38.5 Å². The number of morpholine rings is 1. The lowest BCUT2D eigenvalue weighted by atomic mass is 10.2. The van der Waals surface area contributed by atoms with E-state index < -0.39 is 0 Å². The number of imidazole rings is 1. The molecule has 206 valence electrons. The number of nitrogens with zero attached hydrogens (tertiary/aromatic N) is 9. The van der Waals surface area contributed by atoms with Gasteiger partial charge in [0.1, 0.15) is 5.82 Å². The third kappa shape index (κ3) is 4.51. The van der Waals surface area contributed by atoms with Gasteiger partial charge in [0.05, 0.1) is 52.9 Å². The highest BCUT2D eigenvalue weighted by atomic mass is 32.1. The normalized spacial score (nSPS) is 17.0. The van der Waals surface area contributed by atoms with Crippen molar-refractivity contribution in [2.45, 2.75) is 19.9 Å². The molecule has 40 heavy (non-hydrogen) atoms. The Morgan fingerprint density at radius 2 is 1.88 bits per heavy atom. The van der Waals surface area contributed by atoms with E-state index in [9.17, 15) is 4.79 Å². The van der Waals surface area contributed by atoms with Crippen LogP contribution in [0.3, 0.4) is 0 Å². The fourth-order valence-electron chi connectivity index (χ4n) is 5.55. The third-order valence-electron chi connectivity index (χ3n) is 7.53. The second-order valence-corrected chi connectivity index (χ2v) is 11.3. The molecule has 0 bridgehead atoms. The molecule has 2 saturated heterocycles. The van der Waals surface area contributed by atoms with Crippen molar-refractivity contribution < 1.29 is 9.53 Å². The highest BCUT2D eigenvalue weighted by Gasteiger charge is 2.27. The van der Waals surface area contributed by atoms with Gasteiger partial charge in [0, 0.05) is 57.3 Å². The smallest absolute Gasteiger partial charge is 0.241 e. The van der Waals surface area contributed by atoms with Gasteiger partial charge in [-0.3, -0.25) is 18.9 Å². The largest absolute Gasteiger partial charge is 0.378 e. The molecular weight excluding hydrogens is 526 g/mol. The van der Waals surface area contributed by atoms with Crippen molar-refractivity contribution in [1.82, 2.24) is 34.2 Å². The van der Waals surface area contributed by atoms with Gasteiger partial charge in [-0.25, -0.2) is 9.97 Å². The van der Waals surface area contributed by atoms with Gasteiger partial charge in [-0.15, -0.1) is 11.3 Å². The molecule has 5 aromatic rings. The minimum Gasteiger partial charge on any atom is -0.378 e. The third-order valence-corrected chi connectivity index (χ3v) is 8.64. The summed E-state index contributed by atoms with van der Waals surface area (Å²) < 4.78 is 10.5. The summed E-state index contributed by atoms with van der Waals surface area (Å²) in [6.07, 6.45) is 4.41. The van der Waals surface area contributed by atoms with Crippen LogP contribution in [-0.4, -0.2) is 86.0 Å². The van der Waals surface area contributed by atoms with Crippen LogP contribution in [0.2, 0.25) is 0 Å². The Hall–Kier alpha value is -3.87. The minimum atomic E-state index is 0.0931. The van der Waals surface area contributed by atoms with Crippen LogP contribution in [0.25, 0.3) is 27.2 Å². The topological polar surface area (TPSA) is 97.4 Å². The van der Waals surface area contributed by atoms with Crippen LogP contribution in [0, 0.1) is 0 Å². The van der Waals surface area contributed by atoms with Crippen LogP contribution in [0.1, 0.15) is 17.6 Å². The predicted molar refractivity (Wildman–Crippen MR) is 155 cm³/mol. The number of carbonyl (C=O) groups excluding carboxylic acids is 1. The maximum atomic E-state index is 13.0. The first kappa shape index (κ1) is 25.1. The Morgan fingerprint density at radius 1 is 1.02 bits per heavy atom. The lowest BCUT2D eigenvalue weighted by molar-refractivity contribution is -0.121. The van der Waals surface area contributed by atoms with Crippen LogP contribution in [0.4, 0.5) is 11.5 Å². The van der Waals surface area contributed by atoms with Crippen LogP contribution in [-0.2, 0) is 29.5 Å². The summed E-state index contributed by atoms with van der Waals surface area (Å²) in [6.45, 7) is 7.54. The summed E-state index contributed by atoms with van der Waals surface area (Å²) in [4.78, 5) is 35.6. The number of aryl methyl sites for hydroxylation is 2. The molecular formula is C28H31N9O2S.